The van der Waals surface area contributed by atoms with Crippen molar-refractivity contribution < 1.29 is 8.42 Å². The highest BCUT2D eigenvalue weighted by Gasteiger charge is 2.05. The Balaban J connectivity index is 1.88. The maximum atomic E-state index is 11.0. The molecule has 0 fully saturated rings. The fraction of sp³-hybridized carbons (Fsp3) is 0.308. The molecular weight excluding hydrogens is 280 g/mol. The van der Waals surface area contributed by atoms with Gasteiger partial charge in [-0.25, -0.2) is 13.4 Å². The van der Waals surface area contributed by atoms with Gasteiger partial charge in [-0.05, 0) is 0 Å². The first-order valence-corrected chi connectivity index (χ1v) is 8.87. The normalized spacial score (nSPS) is 11.6. The molecule has 0 unspecified atom stereocenters. The van der Waals surface area contributed by atoms with Gasteiger partial charge in [0.2, 0.25) is 0 Å². The summed E-state index contributed by atoms with van der Waals surface area (Å²) in [5.74, 6) is 0.157. The second-order valence-electron chi connectivity index (χ2n) is 4.30. The molecule has 0 aliphatic heterocycles. The van der Waals surface area contributed by atoms with Crippen LogP contribution in [0.1, 0.15) is 5.01 Å². The Hall–Kier alpha value is -1.24. The van der Waals surface area contributed by atoms with Crippen LogP contribution < -0.4 is 5.32 Å². The summed E-state index contributed by atoms with van der Waals surface area (Å²) < 4.78 is 22.0. The first-order valence-electron chi connectivity index (χ1n) is 5.93. The zero-order chi connectivity index (χ0) is 13.7. The standard InChI is InChI=1S/C13H16N2O2S2/c1-19(16,17)8-7-14-9-13-15-12(10-18-13)11-5-3-2-4-6-11/h2-6,10,14H,7-9H2,1H3. The summed E-state index contributed by atoms with van der Waals surface area (Å²) >= 11 is 1.58. The van der Waals surface area contributed by atoms with E-state index in [0.717, 1.165) is 16.3 Å². The predicted molar refractivity (Wildman–Crippen MR) is 79.0 cm³/mol. The van der Waals surface area contributed by atoms with Crippen molar-refractivity contribution in [1.82, 2.24) is 10.3 Å². The summed E-state index contributed by atoms with van der Waals surface area (Å²) in [5.41, 5.74) is 2.06. The fourth-order valence-corrected chi connectivity index (χ4v) is 2.87. The molecule has 0 atom stereocenters. The molecule has 0 bridgehead atoms. The maximum Gasteiger partial charge on any atom is 0.148 e. The largest absolute Gasteiger partial charge is 0.309 e. The summed E-state index contributed by atoms with van der Waals surface area (Å²) in [4.78, 5) is 4.52. The lowest BCUT2D eigenvalue weighted by molar-refractivity contribution is 0.596. The number of thiazole rings is 1. The van der Waals surface area contributed by atoms with E-state index in [4.69, 9.17) is 0 Å². The van der Waals surface area contributed by atoms with Crippen LogP contribution in [-0.4, -0.2) is 32.0 Å². The van der Waals surface area contributed by atoms with Crippen LogP contribution in [0.4, 0.5) is 0 Å². The van der Waals surface area contributed by atoms with E-state index in [9.17, 15) is 8.42 Å². The minimum atomic E-state index is -2.90. The molecule has 0 saturated heterocycles. The Labute approximate surface area is 117 Å². The van der Waals surface area contributed by atoms with E-state index in [0.29, 0.717) is 13.1 Å². The summed E-state index contributed by atoms with van der Waals surface area (Å²) in [6.45, 7) is 1.06. The van der Waals surface area contributed by atoms with Gasteiger partial charge in [0.25, 0.3) is 0 Å². The van der Waals surface area contributed by atoms with Crippen molar-refractivity contribution in [3.8, 4) is 11.3 Å². The highest BCUT2D eigenvalue weighted by molar-refractivity contribution is 7.90. The van der Waals surface area contributed by atoms with Gasteiger partial charge in [-0.1, -0.05) is 30.3 Å². The van der Waals surface area contributed by atoms with Gasteiger partial charge in [-0.2, -0.15) is 0 Å². The predicted octanol–water partition coefficient (Wildman–Crippen LogP) is 1.94. The summed E-state index contributed by atoms with van der Waals surface area (Å²) in [6, 6.07) is 9.99. The lowest BCUT2D eigenvalue weighted by Crippen LogP contribution is -2.21. The molecule has 2 aromatic rings. The molecule has 0 aliphatic carbocycles. The molecule has 4 nitrogen and oxygen atoms in total. The number of aromatic nitrogens is 1. The third-order valence-electron chi connectivity index (χ3n) is 2.55. The van der Waals surface area contributed by atoms with Crippen LogP contribution in [0.15, 0.2) is 35.7 Å². The van der Waals surface area contributed by atoms with Gasteiger partial charge in [-0.3, -0.25) is 0 Å². The highest BCUT2D eigenvalue weighted by Crippen LogP contribution is 2.21. The van der Waals surface area contributed by atoms with Crippen molar-refractivity contribution in [2.24, 2.45) is 0 Å². The zero-order valence-electron chi connectivity index (χ0n) is 10.7. The summed E-state index contributed by atoms with van der Waals surface area (Å²) in [7, 11) is -2.90. The molecule has 1 aromatic heterocycles. The van der Waals surface area contributed by atoms with Crippen molar-refractivity contribution in [3.05, 3.63) is 40.7 Å². The molecule has 0 radical (unpaired) electrons. The lowest BCUT2D eigenvalue weighted by atomic mass is 10.2. The molecule has 0 saturated carbocycles. The van der Waals surface area contributed by atoms with Gasteiger partial charge < -0.3 is 5.32 Å². The monoisotopic (exact) mass is 296 g/mol. The molecule has 1 N–H and O–H groups in total. The molecule has 2 rings (SSSR count). The minimum absolute atomic E-state index is 0.157. The second-order valence-corrected chi connectivity index (χ2v) is 7.50. The highest BCUT2D eigenvalue weighted by atomic mass is 32.2. The molecule has 102 valence electrons. The van der Waals surface area contributed by atoms with Gasteiger partial charge >= 0.3 is 0 Å². The molecule has 19 heavy (non-hydrogen) atoms. The Kier molecular flexibility index (Phi) is 4.68. The van der Waals surface area contributed by atoms with Crippen molar-refractivity contribution in [3.63, 3.8) is 0 Å². The van der Waals surface area contributed by atoms with Crippen molar-refractivity contribution >= 4 is 21.2 Å². The van der Waals surface area contributed by atoms with Gasteiger partial charge in [0.05, 0.1) is 11.4 Å². The minimum Gasteiger partial charge on any atom is -0.309 e. The molecule has 0 aliphatic rings. The average molecular weight is 296 g/mol. The van der Waals surface area contributed by atoms with E-state index in [1.165, 1.54) is 6.26 Å². The van der Waals surface area contributed by atoms with Crippen LogP contribution >= 0.6 is 11.3 Å². The maximum absolute atomic E-state index is 11.0. The van der Waals surface area contributed by atoms with Crippen LogP contribution in [0.5, 0.6) is 0 Å². The molecule has 0 spiro atoms. The first kappa shape index (κ1) is 14.2. The second kappa shape index (κ2) is 6.27. The average Bonchev–Trinajstić information content (AvgIpc) is 2.83. The number of rotatable bonds is 6. The van der Waals surface area contributed by atoms with Crippen molar-refractivity contribution in [1.29, 1.82) is 0 Å². The van der Waals surface area contributed by atoms with Crippen LogP contribution in [0.25, 0.3) is 11.3 Å². The number of nitrogens with one attached hydrogen (secondary N) is 1. The number of nitrogens with zero attached hydrogens (tertiary/aromatic N) is 1. The lowest BCUT2D eigenvalue weighted by Gasteiger charge is -2.00. The van der Waals surface area contributed by atoms with Crippen LogP contribution in [-0.2, 0) is 16.4 Å². The molecular formula is C13H16N2O2S2. The van der Waals surface area contributed by atoms with Gasteiger partial charge in [0, 0.05) is 30.3 Å². The topological polar surface area (TPSA) is 59.1 Å². The van der Waals surface area contributed by atoms with Gasteiger partial charge in [0.15, 0.2) is 0 Å². The number of benzene rings is 1. The van der Waals surface area contributed by atoms with E-state index in [1.807, 2.05) is 35.7 Å². The zero-order valence-corrected chi connectivity index (χ0v) is 12.3. The number of sulfone groups is 1. The molecule has 1 aromatic carbocycles. The number of hydrogen-bond donors (Lipinski definition) is 1. The third kappa shape index (κ3) is 4.74. The van der Waals surface area contributed by atoms with Crippen molar-refractivity contribution in [2.75, 3.05) is 18.6 Å². The first-order chi connectivity index (χ1) is 9.04. The Morgan fingerprint density at radius 3 is 2.68 bits per heavy atom. The van der Waals surface area contributed by atoms with E-state index in [-0.39, 0.29) is 5.75 Å². The van der Waals surface area contributed by atoms with E-state index in [2.05, 4.69) is 10.3 Å². The summed E-state index contributed by atoms with van der Waals surface area (Å²) in [5, 5.41) is 6.07. The molecule has 0 amide bonds. The van der Waals surface area contributed by atoms with Crippen molar-refractivity contribution in [2.45, 2.75) is 6.54 Å². The van der Waals surface area contributed by atoms with Crippen LogP contribution in [0.3, 0.4) is 0 Å². The quantitative estimate of drug-likeness (QED) is 0.828. The smallest absolute Gasteiger partial charge is 0.148 e. The Bertz CT molecular complexity index is 621. The van der Waals surface area contributed by atoms with Gasteiger partial charge in [0.1, 0.15) is 14.8 Å². The van der Waals surface area contributed by atoms with Gasteiger partial charge in [-0.15, -0.1) is 11.3 Å². The third-order valence-corrected chi connectivity index (χ3v) is 4.34. The Morgan fingerprint density at radius 1 is 1.26 bits per heavy atom. The number of hydrogen-bond acceptors (Lipinski definition) is 5. The fourth-order valence-electron chi connectivity index (χ4n) is 1.59. The van der Waals surface area contributed by atoms with Crippen LogP contribution in [0, 0.1) is 0 Å². The molecule has 1 heterocycles. The van der Waals surface area contributed by atoms with Crippen LogP contribution in [0.2, 0.25) is 0 Å². The van der Waals surface area contributed by atoms with E-state index in [1.54, 1.807) is 11.3 Å². The molecule has 6 heteroatoms. The van der Waals surface area contributed by atoms with E-state index >= 15 is 0 Å². The SMILES string of the molecule is CS(=O)(=O)CCNCc1nc(-c2ccccc2)cs1. The summed E-state index contributed by atoms with van der Waals surface area (Å²) in [6.07, 6.45) is 1.24. The Morgan fingerprint density at radius 2 is 2.00 bits per heavy atom. The van der Waals surface area contributed by atoms with E-state index < -0.39 is 9.84 Å².